The molecule has 0 unspecified atom stereocenters. The van der Waals surface area contributed by atoms with Crippen molar-refractivity contribution in [1.29, 1.82) is 0 Å². The fourth-order valence-electron chi connectivity index (χ4n) is 2.82. The van der Waals surface area contributed by atoms with E-state index in [0.29, 0.717) is 24.8 Å². The Bertz CT molecular complexity index is 783. The van der Waals surface area contributed by atoms with Gasteiger partial charge >= 0.3 is 5.97 Å². The monoisotopic (exact) mass is 381 g/mol. The Morgan fingerprint density at radius 1 is 1.19 bits per heavy atom. The predicted molar refractivity (Wildman–Crippen MR) is 99.7 cm³/mol. The maximum Gasteiger partial charge on any atom is 0.338 e. The van der Waals surface area contributed by atoms with Gasteiger partial charge in [0.15, 0.2) is 0 Å². The summed E-state index contributed by atoms with van der Waals surface area (Å²) in [7, 11) is -3.38. The van der Waals surface area contributed by atoms with Gasteiger partial charge in [0.25, 0.3) is 0 Å². The number of sulfonamides is 1. The topological polar surface area (TPSA) is 80.8 Å². The average Bonchev–Trinajstić information content (AvgIpc) is 2.52. The number of ether oxygens (including phenoxy) is 1. The van der Waals surface area contributed by atoms with Gasteiger partial charge in [0.05, 0.1) is 11.3 Å². The van der Waals surface area contributed by atoms with E-state index in [1.165, 1.54) is 4.31 Å². The summed E-state index contributed by atoms with van der Waals surface area (Å²) in [5.74, 6) is -0.281. The zero-order valence-electron chi connectivity index (χ0n) is 15.9. The second-order valence-electron chi connectivity index (χ2n) is 7.65. The molecule has 2 rings (SSSR count). The highest BCUT2D eigenvalue weighted by atomic mass is 32.2. The SMILES string of the molecule is Cc1cc(C(=O)OC(C)(C)C)ccc1CCS(=O)(=O)N1CCC(=O)CC1. The molecular formula is C19H27NO5S. The number of aryl methyl sites for hydroxylation is 2. The number of carbonyl (C=O) groups is 2. The second kappa shape index (κ2) is 7.88. The van der Waals surface area contributed by atoms with Crippen LogP contribution < -0.4 is 0 Å². The number of esters is 1. The van der Waals surface area contributed by atoms with E-state index in [4.69, 9.17) is 4.74 Å². The van der Waals surface area contributed by atoms with Gasteiger partial charge in [0.1, 0.15) is 11.4 Å². The van der Waals surface area contributed by atoms with Gasteiger partial charge in [-0.1, -0.05) is 6.07 Å². The first kappa shape index (κ1) is 20.6. The highest BCUT2D eigenvalue weighted by Gasteiger charge is 2.26. The number of ketones is 1. The Morgan fingerprint density at radius 3 is 2.35 bits per heavy atom. The van der Waals surface area contributed by atoms with E-state index >= 15 is 0 Å². The maximum absolute atomic E-state index is 12.4. The molecule has 0 N–H and O–H groups in total. The summed E-state index contributed by atoms with van der Waals surface area (Å²) < 4.78 is 31.7. The molecular weight excluding hydrogens is 354 g/mol. The number of Topliss-reactive ketones (excluding diaryl/α,β-unsaturated/α-hetero) is 1. The second-order valence-corrected chi connectivity index (χ2v) is 9.74. The van der Waals surface area contributed by atoms with Crippen LogP contribution in [0, 0.1) is 6.92 Å². The minimum absolute atomic E-state index is 0.00614. The van der Waals surface area contributed by atoms with Gasteiger partial charge in [-0.05, 0) is 57.4 Å². The van der Waals surface area contributed by atoms with Crippen molar-refractivity contribution < 1.29 is 22.7 Å². The van der Waals surface area contributed by atoms with Crippen LogP contribution in [-0.4, -0.2) is 48.9 Å². The summed E-state index contributed by atoms with van der Waals surface area (Å²) in [6, 6.07) is 5.18. The standard InChI is InChI=1S/C19H27NO5S/c1-14-13-16(18(22)25-19(2,3)4)6-5-15(14)9-12-26(23,24)20-10-7-17(21)8-11-20/h5-6,13H,7-12H2,1-4H3. The van der Waals surface area contributed by atoms with E-state index in [2.05, 4.69) is 0 Å². The molecule has 1 aliphatic heterocycles. The molecule has 1 aromatic rings. The van der Waals surface area contributed by atoms with Crippen molar-refractivity contribution in [2.24, 2.45) is 0 Å². The molecule has 0 amide bonds. The highest BCUT2D eigenvalue weighted by molar-refractivity contribution is 7.89. The molecule has 0 radical (unpaired) electrons. The van der Waals surface area contributed by atoms with E-state index in [9.17, 15) is 18.0 Å². The number of hydrogen-bond acceptors (Lipinski definition) is 5. The molecule has 1 saturated heterocycles. The van der Waals surface area contributed by atoms with Crippen molar-refractivity contribution in [2.75, 3.05) is 18.8 Å². The van der Waals surface area contributed by atoms with E-state index in [1.807, 2.05) is 27.7 Å². The van der Waals surface area contributed by atoms with Crippen molar-refractivity contribution in [3.63, 3.8) is 0 Å². The summed E-state index contributed by atoms with van der Waals surface area (Å²) in [4.78, 5) is 23.4. The summed E-state index contributed by atoms with van der Waals surface area (Å²) in [5, 5.41) is 0. The average molecular weight is 381 g/mol. The van der Waals surface area contributed by atoms with Crippen LogP contribution in [0.3, 0.4) is 0 Å². The third-order valence-corrected chi connectivity index (χ3v) is 6.15. The minimum Gasteiger partial charge on any atom is -0.456 e. The quantitative estimate of drug-likeness (QED) is 0.732. The highest BCUT2D eigenvalue weighted by Crippen LogP contribution is 2.18. The lowest BCUT2D eigenvalue weighted by Crippen LogP contribution is -2.40. The smallest absolute Gasteiger partial charge is 0.338 e. The predicted octanol–water partition coefficient (Wildman–Crippen LogP) is 2.49. The van der Waals surface area contributed by atoms with Crippen LogP contribution in [-0.2, 0) is 26.0 Å². The largest absolute Gasteiger partial charge is 0.456 e. The first-order valence-electron chi connectivity index (χ1n) is 8.80. The molecule has 1 fully saturated rings. The van der Waals surface area contributed by atoms with Gasteiger partial charge in [-0.25, -0.2) is 17.5 Å². The number of nitrogens with zero attached hydrogens (tertiary/aromatic N) is 1. The molecule has 0 aromatic heterocycles. The first-order valence-corrected chi connectivity index (χ1v) is 10.4. The summed E-state index contributed by atoms with van der Waals surface area (Å²) in [6.07, 6.45) is 0.957. The number of benzene rings is 1. The fraction of sp³-hybridized carbons (Fsp3) is 0.579. The molecule has 6 nitrogen and oxygen atoms in total. The van der Waals surface area contributed by atoms with Gasteiger partial charge in [-0.15, -0.1) is 0 Å². The van der Waals surface area contributed by atoms with Gasteiger partial charge in [0.2, 0.25) is 10.0 Å². The molecule has 0 saturated carbocycles. The van der Waals surface area contributed by atoms with Crippen molar-refractivity contribution in [2.45, 2.75) is 52.6 Å². The molecule has 0 spiro atoms. The number of hydrogen-bond donors (Lipinski definition) is 0. The summed E-state index contributed by atoms with van der Waals surface area (Å²) in [6.45, 7) is 7.84. The Hall–Kier alpha value is -1.73. The fourth-order valence-corrected chi connectivity index (χ4v) is 4.30. The normalized spacial score (nSPS) is 16.5. The molecule has 1 aliphatic rings. The lowest BCUT2D eigenvalue weighted by atomic mass is 10.0. The molecule has 0 aliphatic carbocycles. The minimum atomic E-state index is -3.38. The molecule has 7 heteroatoms. The zero-order chi connectivity index (χ0) is 19.5. The van der Waals surface area contributed by atoms with Crippen LogP contribution in [0.25, 0.3) is 0 Å². The molecule has 1 aromatic carbocycles. The van der Waals surface area contributed by atoms with Gasteiger partial charge < -0.3 is 4.74 Å². The van der Waals surface area contributed by atoms with E-state index in [1.54, 1.807) is 18.2 Å². The van der Waals surface area contributed by atoms with Crippen molar-refractivity contribution in [3.8, 4) is 0 Å². The third-order valence-electron chi connectivity index (χ3n) is 4.28. The van der Waals surface area contributed by atoms with Crippen molar-refractivity contribution in [3.05, 3.63) is 34.9 Å². The lowest BCUT2D eigenvalue weighted by molar-refractivity contribution is -0.120. The van der Waals surface area contributed by atoms with Gasteiger partial charge in [-0.3, -0.25) is 4.79 Å². The Morgan fingerprint density at radius 2 is 1.81 bits per heavy atom. The summed E-state index contributed by atoms with van der Waals surface area (Å²) in [5.41, 5.74) is 1.64. The van der Waals surface area contributed by atoms with E-state index < -0.39 is 21.6 Å². The Balaban J connectivity index is 2.02. The maximum atomic E-state index is 12.4. The van der Waals surface area contributed by atoms with Gasteiger partial charge in [-0.2, -0.15) is 0 Å². The molecule has 1 heterocycles. The van der Waals surface area contributed by atoms with Crippen LogP contribution >= 0.6 is 0 Å². The van der Waals surface area contributed by atoms with Crippen LogP contribution in [0.2, 0.25) is 0 Å². The molecule has 26 heavy (non-hydrogen) atoms. The van der Waals surface area contributed by atoms with Crippen LogP contribution in [0.1, 0.15) is 55.1 Å². The van der Waals surface area contributed by atoms with Gasteiger partial charge in [0, 0.05) is 25.9 Å². The van der Waals surface area contributed by atoms with Crippen molar-refractivity contribution in [1.82, 2.24) is 4.31 Å². The molecule has 0 bridgehead atoms. The third kappa shape index (κ3) is 5.64. The lowest BCUT2D eigenvalue weighted by Gasteiger charge is -2.25. The number of carbonyl (C=O) groups excluding carboxylic acids is 2. The van der Waals surface area contributed by atoms with E-state index in [0.717, 1.165) is 11.1 Å². The first-order chi connectivity index (χ1) is 12.0. The Labute approximate surface area is 155 Å². The van der Waals surface area contributed by atoms with Crippen LogP contribution in [0.4, 0.5) is 0 Å². The Kier molecular flexibility index (Phi) is 6.24. The number of piperidine rings is 1. The van der Waals surface area contributed by atoms with Crippen molar-refractivity contribution >= 4 is 21.8 Å². The van der Waals surface area contributed by atoms with Crippen LogP contribution in [0.5, 0.6) is 0 Å². The molecule has 144 valence electrons. The molecule has 0 atom stereocenters. The zero-order valence-corrected chi connectivity index (χ0v) is 16.7. The number of rotatable bonds is 5. The van der Waals surface area contributed by atoms with Crippen LogP contribution in [0.15, 0.2) is 18.2 Å². The van der Waals surface area contributed by atoms with E-state index in [-0.39, 0.29) is 24.6 Å². The summed E-state index contributed by atoms with van der Waals surface area (Å²) >= 11 is 0.